The molecule has 218 valence electrons. The predicted octanol–water partition coefficient (Wildman–Crippen LogP) is 4.24. The molecule has 1 aromatic heterocycles. The van der Waals surface area contributed by atoms with Gasteiger partial charge in [-0.1, -0.05) is 48.3 Å². The van der Waals surface area contributed by atoms with E-state index in [1.165, 1.54) is 14.7 Å². The molecule has 1 heterocycles. The van der Waals surface area contributed by atoms with Gasteiger partial charge in [0.15, 0.2) is 0 Å². The minimum Gasteiger partial charge on any atom is -0.400 e. The number of carbonyl (C=O) groups excluding carboxylic acids is 2. The summed E-state index contributed by atoms with van der Waals surface area (Å²) in [6.07, 6.45) is 1.54. The van der Waals surface area contributed by atoms with E-state index in [9.17, 15) is 19.2 Å². The van der Waals surface area contributed by atoms with Crippen LogP contribution in [-0.4, -0.2) is 53.7 Å². The fraction of sp³-hybridized carbons (Fsp3) is 0.267. The summed E-state index contributed by atoms with van der Waals surface area (Å²) in [6, 6.07) is 17.3. The Labute approximate surface area is 248 Å². The number of benzene rings is 3. The van der Waals surface area contributed by atoms with Crippen molar-refractivity contribution in [2.75, 3.05) is 26.1 Å². The van der Waals surface area contributed by atoms with Crippen LogP contribution in [0.5, 0.6) is 0 Å². The number of aliphatic hydroxyl groups excluding tert-OH is 1. The van der Waals surface area contributed by atoms with Gasteiger partial charge in [-0.25, -0.2) is 9.36 Å². The molecule has 4 rings (SSSR count). The van der Waals surface area contributed by atoms with Crippen LogP contribution >= 0.6 is 23.2 Å². The number of aldehydes is 1. The molecule has 1 atom stereocenters. The number of rotatable bonds is 6. The molecule has 2 N–H and O–H groups in total. The van der Waals surface area contributed by atoms with Gasteiger partial charge >= 0.3 is 5.69 Å². The van der Waals surface area contributed by atoms with Gasteiger partial charge in [0, 0.05) is 33.9 Å². The van der Waals surface area contributed by atoms with Gasteiger partial charge < -0.3 is 20.1 Å². The highest BCUT2D eigenvalue weighted by molar-refractivity contribution is 6.39. The molecular weight excluding hydrogens is 567 g/mol. The van der Waals surface area contributed by atoms with Gasteiger partial charge in [0.1, 0.15) is 6.29 Å². The minimum absolute atomic E-state index is 0.189. The molecule has 4 aromatic rings. The molecule has 11 heteroatoms. The first-order valence-corrected chi connectivity index (χ1v) is 13.4. The molecule has 9 nitrogen and oxygen atoms in total. The number of carbonyl (C=O) groups is 2. The maximum Gasteiger partial charge on any atom is 0.335 e. The van der Waals surface area contributed by atoms with Crippen molar-refractivity contribution in [2.45, 2.75) is 26.3 Å². The van der Waals surface area contributed by atoms with Crippen molar-refractivity contribution in [1.29, 1.82) is 0 Å². The first kappa shape index (κ1) is 33.3. The van der Waals surface area contributed by atoms with E-state index in [1.807, 2.05) is 55.4 Å². The fourth-order valence-electron chi connectivity index (χ4n) is 3.85. The highest BCUT2D eigenvalue weighted by atomic mass is 35.5. The number of hydrogen-bond acceptors (Lipinski definition) is 6. The van der Waals surface area contributed by atoms with Gasteiger partial charge in [-0.3, -0.25) is 14.2 Å². The Morgan fingerprint density at radius 1 is 1.02 bits per heavy atom. The molecule has 1 amide bonds. The Kier molecular flexibility index (Phi) is 12.3. The molecular formula is C30H34Cl2N4O5. The van der Waals surface area contributed by atoms with E-state index in [-0.39, 0.29) is 26.9 Å². The second-order valence-corrected chi connectivity index (χ2v) is 9.91. The predicted molar refractivity (Wildman–Crippen MR) is 166 cm³/mol. The number of halogens is 2. The second-order valence-electron chi connectivity index (χ2n) is 9.09. The standard InChI is InChI=1S/C19H21N3O2.C10H9Cl2NO2.CH4O/c1-5-13-6-8-14(9-7-13)22-18(23)16-11-10-15(20(2)3)12-17(16)21(4)19(22)24;1-6(5-14)13-10(15)9-7(11)3-2-4-8(9)12;1-2/h6-12H,5H2,1-4H3;2-6H,1H3,(H,13,15);2H,1H3. The van der Waals surface area contributed by atoms with Crippen molar-refractivity contribution >= 4 is 52.0 Å². The van der Waals surface area contributed by atoms with Crippen LogP contribution in [0.4, 0.5) is 5.69 Å². The third-order valence-corrected chi connectivity index (χ3v) is 6.76. The van der Waals surface area contributed by atoms with Crippen LogP contribution in [0.1, 0.15) is 29.8 Å². The molecule has 3 aromatic carbocycles. The van der Waals surface area contributed by atoms with Crippen molar-refractivity contribution in [3.8, 4) is 5.69 Å². The summed E-state index contributed by atoms with van der Waals surface area (Å²) in [5.74, 6) is -0.454. The van der Waals surface area contributed by atoms with E-state index >= 15 is 0 Å². The smallest absolute Gasteiger partial charge is 0.335 e. The lowest BCUT2D eigenvalue weighted by atomic mass is 10.1. The number of nitrogens with one attached hydrogen (secondary N) is 1. The Bertz CT molecular complexity index is 1610. The Morgan fingerprint density at radius 2 is 1.61 bits per heavy atom. The molecule has 0 aliphatic heterocycles. The van der Waals surface area contributed by atoms with Crippen LogP contribution in [0, 0.1) is 0 Å². The van der Waals surface area contributed by atoms with Gasteiger partial charge in [-0.05, 0) is 61.4 Å². The lowest BCUT2D eigenvalue weighted by Gasteiger charge is -2.15. The van der Waals surface area contributed by atoms with Crippen LogP contribution in [-0.2, 0) is 18.3 Å². The zero-order valence-corrected chi connectivity index (χ0v) is 25.3. The lowest BCUT2D eigenvalue weighted by molar-refractivity contribution is -0.109. The van der Waals surface area contributed by atoms with E-state index in [1.54, 1.807) is 38.2 Å². The molecule has 41 heavy (non-hydrogen) atoms. The van der Waals surface area contributed by atoms with Gasteiger partial charge in [-0.2, -0.15) is 0 Å². The van der Waals surface area contributed by atoms with E-state index in [4.69, 9.17) is 28.3 Å². The normalized spacial score (nSPS) is 11.0. The third kappa shape index (κ3) is 7.85. The Hall–Kier alpha value is -3.92. The number of aliphatic hydroxyl groups is 1. The molecule has 0 aliphatic rings. The number of anilines is 1. The summed E-state index contributed by atoms with van der Waals surface area (Å²) in [4.78, 5) is 49.5. The second kappa shape index (κ2) is 15.2. The zero-order chi connectivity index (χ0) is 30.9. The maximum absolute atomic E-state index is 12.9. The first-order chi connectivity index (χ1) is 19.5. The summed E-state index contributed by atoms with van der Waals surface area (Å²) in [6.45, 7) is 3.63. The highest BCUT2D eigenvalue weighted by Crippen LogP contribution is 2.24. The topological polar surface area (TPSA) is 114 Å². The van der Waals surface area contributed by atoms with Crippen molar-refractivity contribution < 1.29 is 14.7 Å². The molecule has 0 spiro atoms. The Balaban J connectivity index is 0.000000298. The van der Waals surface area contributed by atoms with Crippen LogP contribution in [0.15, 0.2) is 70.3 Å². The number of hydrogen-bond donors (Lipinski definition) is 2. The molecule has 0 bridgehead atoms. The van der Waals surface area contributed by atoms with E-state index in [2.05, 4.69) is 12.2 Å². The Morgan fingerprint density at radius 3 is 2.12 bits per heavy atom. The summed E-state index contributed by atoms with van der Waals surface area (Å²) in [5.41, 5.74) is 2.90. The quantitative estimate of drug-likeness (QED) is 0.320. The minimum atomic E-state index is -0.565. The van der Waals surface area contributed by atoms with Gasteiger partial charge in [-0.15, -0.1) is 0 Å². The molecule has 1 unspecified atom stereocenters. The molecule has 0 fully saturated rings. The highest BCUT2D eigenvalue weighted by Gasteiger charge is 2.16. The SMILES string of the molecule is CC(C=O)NC(=O)c1c(Cl)cccc1Cl.CCc1ccc(-n2c(=O)c3ccc(N(C)C)cc3n(C)c2=O)cc1.CO. The van der Waals surface area contributed by atoms with Crippen LogP contribution < -0.4 is 21.5 Å². The van der Waals surface area contributed by atoms with E-state index < -0.39 is 11.9 Å². The van der Waals surface area contributed by atoms with Gasteiger partial charge in [0.25, 0.3) is 11.5 Å². The maximum atomic E-state index is 12.9. The van der Waals surface area contributed by atoms with Crippen molar-refractivity contribution in [3.63, 3.8) is 0 Å². The summed E-state index contributed by atoms with van der Waals surface area (Å²) < 4.78 is 2.76. The average molecular weight is 602 g/mol. The van der Waals surface area contributed by atoms with Crippen LogP contribution in [0.25, 0.3) is 16.6 Å². The van der Waals surface area contributed by atoms with Crippen molar-refractivity contribution in [2.24, 2.45) is 7.05 Å². The largest absolute Gasteiger partial charge is 0.400 e. The molecule has 0 radical (unpaired) electrons. The molecule has 0 saturated carbocycles. The fourth-order valence-corrected chi connectivity index (χ4v) is 4.42. The van der Waals surface area contributed by atoms with Crippen molar-refractivity contribution in [1.82, 2.24) is 14.5 Å². The summed E-state index contributed by atoms with van der Waals surface area (Å²) >= 11 is 11.6. The third-order valence-electron chi connectivity index (χ3n) is 6.13. The number of aryl methyl sites for hydroxylation is 2. The lowest BCUT2D eigenvalue weighted by Crippen LogP contribution is -2.37. The monoisotopic (exact) mass is 600 g/mol. The summed E-state index contributed by atoms with van der Waals surface area (Å²) in [5, 5.41) is 10.5. The molecule has 0 aliphatic carbocycles. The first-order valence-electron chi connectivity index (χ1n) is 12.7. The number of aromatic nitrogens is 2. The van der Waals surface area contributed by atoms with Crippen LogP contribution in [0.3, 0.4) is 0 Å². The number of nitrogens with zero attached hydrogens (tertiary/aromatic N) is 3. The average Bonchev–Trinajstić information content (AvgIpc) is 2.97. The van der Waals surface area contributed by atoms with E-state index in [0.717, 1.165) is 19.2 Å². The van der Waals surface area contributed by atoms with Gasteiger partial charge in [0.2, 0.25) is 0 Å². The van der Waals surface area contributed by atoms with Crippen LogP contribution in [0.2, 0.25) is 10.0 Å². The van der Waals surface area contributed by atoms with E-state index in [0.29, 0.717) is 22.9 Å². The van der Waals surface area contributed by atoms with Crippen molar-refractivity contribution in [3.05, 3.63) is 103 Å². The molecule has 0 saturated heterocycles. The number of fused-ring (bicyclic) bond motifs is 1. The zero-order valence-electron chi connectivity index (χ0n) is 23.8. The summed E-state index contributed by atoms with van der Waals surface area (Å²) in [7, 11) is 6.55. The number of amides is 1. The van der Waals surface area contributed by atoms with Gasteiger partial charge in [0.05, 0.1) is 38.2 Å².